The molecule has 0 atom stereocenters. The number of benzene rings is 1. The van der Waals surface area contributed by atoms with Crippen molar-refractivity contribution in [1.29, 1.82) is 0 Å². The maximum atomic E-state index is 12.1. The number of piperidine rings is 1. The smallest absolute Gasteiger partial charge is 0.243 e. The molecule has 1 aromatic rings. The number of amides is 1. The Morgan fingerprint density at radius 3 is 2.42 bits per heavy atom. The number of carbonyl (C=O) groups excluding carboxylic acids is 1. The van der Waals surface area contributed by atoms with Gasteiger partial charge in [-0.25, -0.2) is 4.99 Å². The number of nitrogens with one attached hydrogen (secondary N) is 1. The van der Waals surface area contributed by atoms with Crippen molar-refractivity contribution in [3.05, 3.63) is 35.9 Å². The molecule has 4 rings (SSSR count). The number of halogens is 1. The van der Waals surface area contributed by atoms with E-state index in [0.29, 0.717) is 11.5 Å². The van der Waals surface area contributed by atoms with Crippen LogP contribution in [0, 0.1) is 5.41 Å². The fourth-order valence-electron chi connectivity index (χ4n) is 4.98. The number of likely N-dealkylation sites (tertiary alicyclic amines) is 2. The van der Waals surface area contributed by atoms with Crippen LogP contribution in [0.1, 0.15) is 44.1 Å². The normalized spacial score (nSPS) is 21.5. The second-order valence-corrected chi connectivity index (χ2v) is 9.63. The highest BCUT2D eigenvalue weighted by molar-refractivity contribution is 14.0. The zero-order chi connectivity index (χ0) is 21.0. The van der Waals surface area contributed by atoms with Crippen LogP contribution in [0.5, 0.6) is 0 Å². The first-order valence-electron chi connectivity index (χ1n) is 11.6. The molecular weight excluding hydrogens is 501 g/mol. The Hall–Kier alpha value is -1.35. The summed E-state index contributed by atoms with van der Waals surface area (Å²) < 4.78 is 0. The Morgan fingerprint density at radius 1 is 1.13 bits per heavy atom. The van der Waals surface area contributed by atoms with Crippen molar-refractivity contribution in [3.63, 3.8) is 0 Å². The number of carbonyl (C=O) groups is 1. The van der Waals surface area contributed by atoms with E-state index in [0.717, 1.165) is 51.5 Å². The molecule has 7 heteroatoms. The molecule has 0 bridgehead atoms. The molecule has 0 radical (unpaired) electrons. The highest BCUT2D eigenvalue weighted by atomic mass is 127. The van der Waals surface area contributed by atoms with Crippen molar-refractivity contribution in [3.8, 4) is 0 Å². The number of nitrogens with zero attached hydrogens (tertiary/aromatic N) is 4. The molecule has 2 saturated heterocycles. The lowest BCUT2D eigenvalue weighted by Gasteiger charge is -2.39. The molecule has 3 fully saturated rings. The summed E-state index contributed by atoms with van der Waals surface area (Å²) in [6.45, 7) is 5.61. The Balaban J connectivity index is 0.00000272. The first kappa shape index (κ1) is 24.3. The summed E-state index contributed by atoms with van der Waals surface area (Å²) in [7, 11) is 3.60. The van der Waals surface area contributed by atoms with Crippen molar-refractivity contribution in [2.24, 2.45) is 10.4 Å². The van der Waals surface area contributed by atoms with Crippen molar-refractivity contribution in [1.82, 2.24) is 20.0 Å². The Bertz CT molecular complexity index is 742. The molecule has 1 spiro atoms. The van der Waals surface area contributed by atoms with Gasteiger partial charge in [0.2, 0.25) is 5.91 Å². The third-order valence-electron chi connectivity index (χ3n) is 7.18. The minimum Gasteiger partial charge on any atom is -0.353 e. The number of guanidine groups is 1. The Labute approximate surface area is 204 Å². The van der Waals surface area contributed by atoms with Crippen LogP contribution in [0.15, 0.2) is 35.3 Å². The van der Waals surface area contributed by atoms with Gasteiger partial charge in [-0.3, -0.25) is 9.69 Å². The van der Waals surface area contributed by atoms with Crippen LogP contribution in [0.3, 0.4) is 0 Å². The van der Waals surface area contributed by atoms with Gasteiger partial charge in [-0.2, -0.15) is 0 Å². The topological polar surface area (TPSA) is 51.2 Å². The number of aliphatic imine (C=N–C) groups is 1. The third-order valence-corrected chi connectivity index (χ3v) is 7.18. The van der Waals surface area contributed by atoms with Gasteiger partial charge in [-0.05, 0) is 43.1 Å². The van der Waals surface area contributed by atoms with Gasteiger partial charge in [0, 0.05) is 52.9 Å². The number of hydrogen-bond donors (Lipinski definition) is 1. The summed E-state index contributed by atoms with van der Waals surface area (Å²) in [6, 6.07) is 11.2. The van der Waals surface area contributed by atoms with Gasteiger partial charge in [0.05, 0.1) is 0 Å². The highest BCUT2D eigenvalue weighted by Gasteiger charge is 2.43. The molecule has 1 N–H and O–H groups in total. The van der Waals surface area contributed by atoms with E-state index in [2.05, 4.69) is 45.4 Å². The predicted molar refractivity (Wildman–Crippen MR) is 137 cm³/mol. The maximum Gasteiger partial charge on any atom is 0.243 e. The van der Waals surface area contributed by atoms with Crippen LogP contribution in [0.25, 0.3) is 0 Å². The van der Waals surface area contributed by atoms with E-state index in [4.69, 9.17) is 4.99 Å². The summed E-state index contributed by atoms with van der Waals surface area (Å²) in [5.74, 6) is 1.01. The van der Waals surface area contributed by atoms with Gasteiger partial charge >= 0.3 is 0 Å². The van der Waals surface area contributed by atoms with Gasteiger partial charge in [0.15, 0.2) is 5.96 Å². The monoisotopic (exact) mass is 539 g/mol. The zero-order valence-electron chi connectivity index (χ0n) is 19.1. The third kappa shape index (κ3) is 6.34. The molecule has 1 aromatic carbocycles. The summed E-state index contributed by atoms with van der Waals surface area (Å²) in [5.41, 5.74) is 1.91. The lowest BCUT2D eigenvalue weighted by Crippen LogP contribution is -2.50. The lowest BCUT2D eigenvalue weighted by molar-refractivity contribution is -0.127. The summed E-state index contributed by atoms with van der Waals surface area (Å²) in [5, 5.41) is 3.74. The SMILES string of the molecule is CN(C)C(=O)CN=C(NC1CCN(Cc2ccccc2)CC1)N1CCC2(CCC2)C1.I. The summed E-state index contributed by atoms with van der Waals surface area (Å²) in [6.07, 6.45) is 7.58. The fraction of sp³-hybridized carbons (Fsp3) is 0.667. The first-order chi connectivity index (χ1) is 14.5. The number of likely N-dealkylation sites (N-methyl/N-ethyl adjacent to an activating group) is 1. The summed E-state index contributed by atoms with van der Waals surface area (Å²) >= 11 is 0. The van der Waals surface area contributed by atoms with Gasteiger partial charge in [-0.15, -0.1) is 24.0 Å². The fourth-order valence-corrected chi connectivity index (χ4v) is 4.98. The average molecular weight is 540 g/mol. The van der Waals surface area contributed by atoms with Crippen LogP contribution in [0.2, 0.25) is 0 Å². The van der Waals surface area contributed by atoms with Gasteiger partial charge in [-0.1, -0.05) is 36.8 Å². The average Bonchev–Trinajstić information content (AvgIpc) is 3.19. The molecule has 2 aliphatic heterocycles. The Morgan fingerprint density at radius 2 is 1.84 bits per heavy atom. The quantitative estimate of drug-likeness (QED) is 0.355. The van der Waals surface area contributed by atoms with Crippen LogP contribution in [-0.4, -0.2) is 79.4 Å². The molecule has 1 aliphatic carbocycles. The standard InChI is InChI=1S/C24H37N5O.HI/c1-27(2)22(30)17-25-23(29-16-13-24(19-29)11-6-12-24)26-21-9-14-28(15-10-21)18-20-7-4-3-5-8-20;/h3-5,7-8,21H,6,9-19H2,1-2H3,(H,25,26);1H. The molecule has 1 saturated carbocycles. The van der Waals surface area contributed by atoms with Crippen molar-refractivity contribution < 1.29 is 4.79 Å². The molecule has 0 unspecified atom stereocenters. The molecule has 31 heavy (non-hydrogen) atoms. The molecule has 0 aromatic heterocycles. The minimum absolute atomic E-state index is 0. The molecular formula is C24H38IN5O. The van der Waals surface area contributed by atoms with E-state index in [9.17, 15) is 4.79 Å². The van der Waals surface area contributed by atoms with E-state index in [1.165, 1.54) is 31.2 Å². The molecule has 3 aliphatic rings. The van der Waals surface area contributed by atoms with E-state index in [1.54, 1.807) is 19.0 Å². The number of rotatable bonds is 5. The molecule has 2 heterocycles. The lowest BCUT2D eigenvalue weighted by atomic mass is 9.68. The Kier molecular flexibility index (Phi) is 8.61. The summed E-state index contributed by atoms with van der Waals surface area (Å²) in [4.78, 5) is 23.5. The second-order valence-electron chi connectivity index (χ2n) is 9.63. The van der Waals surface area contributed by atoms with E-state index >= 15 is 0 Å². The predicted octanol–water partition coefficient (Wildman–Crippen LogP) is 3.18. The molecule has 172 valence electrons. The van der Waals surface area contributed by atoms with Crippen LogP contribution < -0.4 is 5.32 Å². The first-order valence-corrected chi connectivity index (χ1v) is 11.6. The highest BCUT2D eigenvalue weighted by Crippen LogP contribution is 2.47. The van der Waals surface area contributed by atoms with Crippen LogP contribution >= 0.6 is 24.0 Å². The van der Waals surface area contributed by atoms with Gasteiger partial charge in [0.25, 0.3) is 0 Å². The van der Waals surface area contributed by atoms with Crippen LogP contribution in [0.4, 0.5) is 0 Å². The number of hydrogen-bond acceptors (Lipinski definition) is 3. The largest absolute Gasteiger partial charge is 0.353 e. The minimum atomic E-state index is 0. The second kappa shape index (κ2) is 11.0. The van der Waals surface area contributed by atoms with E-state index < -0.39 is 0 Å². The maximum absolute atomic E-state index is 12.1. The molecule has 6 nitrogen and oxygen atoms in total. The van der Waals surface area contributed by atoms with Crippen molar-refractivity contribution >= 4 is 35.8 Å². The zero-order valence-corrected chi connectivity index (χ0v) is 21.4. The molecule has 1 amide bonds. The van der Waals surface area contributed by atoms with E-state index in [-0.39, 0.29) is 36.4 Å². The van der Waals surface area contributed by atoms with Gasteiger partial charge < -0.3 is 15.1 Å². The van der Waals surface area contributed by atoms with Crippen molar-refractivity contribution in [2.75, 3.05) is 46.8 Å². The van der Waals surface area contributed by atoms with E-state index in [1.807, 2.05) is 0 Å². The van der Waals surface area contributed by atoms with Crippen LogP contribution in [-0.2, 0) is 11.3 Å². The van der Waals surface area contributed by atoms with Gasteiger partial charge in [0.1, 0.15) is 6.54 Å². The van der Waals surface area contributed by atoms with Crippen molar-refractivity contribution in [2.45, 2.75) is 51.1 Å².